The Hall–Kier alpha value is -1.06. The normalized spacial score (nSPS) is 10.7. The van der Waals surface area contributed by atoms with E-state index in [9.17, 15) is 4.79 Å². The number of aryl methyl sites for hydroxylation is 1. The number of hydrogen-bond acceptors (Lipinski definition) is 3. The fraction of sp³-hybridized carbons (Fsp3) is 0.500. The van der Waals surface area contributed by atoms with Gasteiger partial charge in [0.1, 0.15) is 0 Å². The minimum absolute atomic E-state index is 0.192. The van der Waals surface area contributed by atoms with Gasteiger partial charge >= 0.3 is 5.97 Å². The SMILES string of the molecule is CCOC(=O)CN(CC)Cc1ccc(C)cc1Cl. The molecule has 0 aliphatic rings. The van der Waals surface area contributed by atoms with Gasteiger partial charge in [-0.3, -0.25) is 9.69 Å². The number of ether oxygens (including phenoxy) is 1. The number of benzene rings is 1. The number of carbonyl (C=O) groups is 1. The molecule has 0 aliphatic carbocycles. The van der Waals surface area contributed by atoms with Crippen LogP contribution in [0, 0.1) is 6.92 Å². The third-order valence-corrected chi connectivity index (χ3v) is 3.06. The molecule has 0 spiro atoms. The van der Waals surface area contributed by atoms with Gasteiger partial charge in [0.25, 0.3) is 0 Å². The molecule has 0 aliphatic heterocycles. The lowest BCUT2D eigenvalue weighted by Gasteiger charge is -2.20. The summed E-state index contributed by atoms with van der Waals surface area (Å²) < 4.78 is 4.95. The number of rotatable bonds is 6. The Morgan fingerprint density at radius 1 is 1.39 bits per heavy atom. The van der Waals surface area contributed by atoms with E-state index in [1.807, 2.05) is 43.9 Å². The second-order valence-electron chi connectivity index (χ2n) is 4.20. The highest BCUT2D eigenvalue weighted by atomic mass is 35.5. The molecule has 0 radical (unpaired) electrons. The number of hydrogen-bond donors (Lipinski definition) is 0. The van der Waals surface area contributed by atoms with Gasteiger partial charge in [-0.1, -0.05) is 30.7 Å². The Bertz CT molecular complexity index is 407. The number of likely N-dealkylation sites (N-methyl/N-ethyl adjacent to an activating group) is 1. The summed E-state index contributed by atoms with van der Waals surface area (Å²) in [5.41, 5.74) is 2.17. The van der Waals surface area contributed by atoms with Crippen LogP contribution in [0.25, 0.3) is 0 Å². The number of esters is 1. The summed E-state index contributed by atoms with van der Waals surface area (Å²) in [7, 11) is 0. The van der Waals surface area contributed by atoms with Gasteiger partial charge in [0, 0.05) is 11.6 Å². The third-order valence-electron chi connectivity index (χ3n) is 2.71. The quantitative estimate of drug-likeness (QED) is 0.744. The highest BCUT2D eigenvalue weighted by Gasteiger charge is 2.11. The molecule has 0 aromatic heterocycles. The van der Waals surface area contributed by atoms with E-state index in [0.29, 0.717) is 19.7 Å². The van der Waals surface area contributed by atoms with E-state index in [1.54, 1.807) is 0 Å². The topological polar surface area (TPSA) is 29.5 Å². The van der Waals surface area contributed by atoms with Gasteiger partial charge in [-0.15, -0.1) is 0 Å². The Balaban J connectivity index is 2.65. The van der Waals surface area contributed by atoms with E-state index in [-0.39, 0.29) is 5.97 Å². The van der Waals surface area contributed by atoms with Crippen LogP contribution in [0.2, 0.25) is 5.02 Å². The van der Waals surface area contributed by atoms with Crippen LogP contribution in [-0.4, -0.2) is 30.6 Å². The second kappa shape index (κ2) is 7.39. The second-order valence-corrected chi connectivity index (χ2v) is 4.61. The van der Waals surface area contributed by atoms with Crippen LogP contribution in [0.3, 0.4) is 0 Å². The summed E-state index contributed by atoms with van der Waals surface area (Å²) in [6.07, 6.45) is 0. The van der Waals surface area contributed by atoms with Crippen LogP contribution < -0.4 is 0 Å². The maximum absolute atomic E-state index is 11.4. The smallest absolute Gasteiger partial charge is 0.320 e. The van der Waals surface area contributed by atoms with Gasteiger partial charge in [0.2, 0.25) is 0 Å². The molecule has 0 saturated heterocycles. The minimum atomic E-state index is -0.192. The van der Waals surface area contributed by atoms with E-state index in [0.717, 1.165) is 22.7 Å². The standard InChI is InChI=1S/C14H20ClNO2/c1-4-16(10-14(17)18-5-2)9-12-7-6-11(3)8-13(12)15/h6-8H,4-5,9-10H2,1-3H3. The fourth-order valence-electron chi connectivity index (χ4n) is 1.69. The van der Waals surface area contributed by atoms with Crippen molar-refractivity contribution in [2.75, 3.05) is 19.7 Å². The summed E-state index contributed by atoms with van der Waals surface area (Å²) in [4.78, 5) is 13.5. The Labute approximate surface area is 114 Å². The summed E-state index contributed by atoms with van der Waals surface area (Å²) in [5, 5.41) is 0.748. The Morgan fingerprint density at radius 3 is 2.67 bits per heavy atom. The summed E-state index contributed by atoms with van der Waals surface area (Å²) in [5.74, 6) is -0.192. The van der Waals surface area contributed by atoms with Crippen molar-refractivity contribution in [3.05, 3.63) is 34.3 Å². The molecule has 0 amide bonds. The first kappa shape index (κ1) is 15.0. The van der Waals surface area contributed by atoms with Crippen molar-refractivity contribution in [3.63, 3.8) is 0 Å². The molecule has 1 aromatic carbocycles. The van der Waals surface area contributed by atoms with E-state index < -0.39 is 0 Å². The number of nitrogens with zero attached hydrogens (tertiary/aromatic N) is 1. The molecule has 1 rings (SSSR count). The zero-order valence-corrected chi connectivity index (χ0v) is 12.0. The molecule has 0 heterocycles. The van der Waals surface area contributed by atoms with Crippen LogP contribution in [0.15, 0.2) is 18.2 Å². The van der Waals surface area contributed by atoms with Gasteiger partial charge < -0.3 is 4.74 Å². The summed E-state index contributed by atoms with van der Waals surface area (Å²) in [6, 6.07) is 5.97. The first-order valence-corrected chi connectivity index (χ1v) is 6.57. The van der Waals surface area contributed by atoms with E-state index in [1.165, 1.54) is 0 Å². The van der Waals surface area contributed by atoms with Gasteiger partial charge in [-0.25, -0.2) is 0 Å². The lowest BCUT2D eigenvalue weighted by molar-refractivity contribution is -0.144. The van der Waals surface area contributed by atoms with Crippen molar-refractivity contribution in [1.82, 2.24) is 4.90 Å². The highest BCUT2D eigenvalue weighted by molar-refractivity contribution is 6.31. The molecule has 3 nitrogen and oxygen atoms in total. The predicted octanol–water partition coefficient (Wildman–Crippen LogP) is 3.03. The maximum Gasteiger partial charge on any atom is 0.320 e. The average Bonchev–Trinajstić information content (AvgIpc) is 2.31. The molecule has 1 aromatic rings. The first-order valence-electron chi connectivity index (χ1n) is 6.19. The Kier molecular flexibility index (Phi) is 6.16. The molecule has 18 heavy (non-hydrogen) atoms. The van der Waals surface area contributed by atoms with E-state index >= 15 is 0 Å². The van der Waals surface area contributed by atoms with Crippen LogP contribution in [0.4, 0.5) is 0 Å². The summed E-state index contributed by atoms with van der Waals surface area (Å²) in [6.45, 7) is 7.99. The van der Waals surface area contributed by atoms with Crippen molar-refractivity contribution in [3.8, 4) is 0 Å². The molecular formula is C14H20ClNO2. The van der Waals surface area contributed by atoms with Gasteiger partial charge in [-0.2, -0.15) is 0 Å². The minimum Gasteiger partial charge on any atom is -0.465 e. The predicted molar refractivity (Wildman–Crippen MR) is 73.8 cm³/mol. The molecule has 0 fully saturated rings. The molecule has 0 atom stereocenters. The number of carbonyl (C=O) groups excluding carboxylic acids is 1. The van der Waals surface area contributed by atoms with Gasteiger partial charge in [0.05, 0.1) is 13.2 Å². The molecule has 100 valence electrons. The monoisotopic (exact) mass is 269 g/mol. The fourth-order valence-corrected chi connectivity index (χ4v) is 1.99. The van der Waals surface area contributed by atoms with Crippen LogP contribution in [0.1, 0.15) is 25.0 Å². The van der Waals surface area contributed by atoms with Crippen molar-refractivity contribution in [2.45, 2.75) is 27.3 Å². The molecule has 4 heteroatoms. The average molecular weight is 270 g/mol. The third kappa shape index (κ3) is 4.67. The maximum atomic E-state index is 11.4. The first-order chi connectivity index (χ1) is 8.56. The van der Waals surface area contributed by atoms with Gasteiger partial charge in [-0.05, 0) is 37.6 Å². The molecule has 0 saturated carbocycles. The van der Waals surface area contributed by atoms with Crippen molar-refractivity contribution >= 4 is 17.6 Å². The molecule has 0 bridgehead atoms. The van der Waals surface area contributed by atoms with Crippen LogP contribution >= 0.6 is 11.6 Å². The largest absolute Gasteiger partial charge is 0.465 e. The number of halogens is 1. The van der Waals surface area contributed by atoms with Gasteiger partial charge in [0.15, 0.2) is 0 Å². The lowest BCUT2D eigenvalue weighted by atomic mass is 10.1. The van der Waals surface area contributed by atoms with Crippen LogP contribution in [0.5, 0.6) is 0 Å². The lowest BCUT2D eigenvalue weighted by Crippen LogP contribution is -2.30. The van der Waals surface area contributed by atoms with E-state index in [2.05, 4.69) is 0 Å². The molecular weight excluding hydrogens is 250 g/mol. The van der Waals surface area contributed by atoms with Crippen molar-refractivity contribution in [1.29, 1.82) is 0 Å². The summed E-state index contributed by atoms with van der Waals surface area (Å²) >= 11 is 6.19. The van der Waals surface area contributed by atoms with E-state index in [4.69, 9.17) is 16.3 Å². The molecule has 0 unspecified atom stereocenters. The highest BCUT2D eigenvalue weighted by Crippen LogP contribution is 2.19. The Morgan fingerprint density at radius 2 is 2.11 bits per heavy atom. The molecule has 0 N–H and O–H groups in total. The zero-order valence-electron chi connectivity index (χ0n) is 11.2. The van der Waals surface area contributed by atoms with Crippen LogP contribution in [-0.2, 0) is 16.1 Å². The zero-order chi connectivity index (χ0) is 13.5. The van der Waals surface area contributed by atoms with Crippen molar-refractivity contribution in [2.24, 2.45) is 0 Å². The van der Waals surface area contributed by atoms with Crippen molar-refractivity contribution < 1.29 is 9.53 Å².